The average molecular weight is 218 g/mol. The van der Waals surface area contributed by atoms with Gasteiger partial charge < -0.3 is 11.1 Å². The molecule has 1 amide bonds. The molecule has 0 aromatic carbocycles. The molecule has 82 valence electrons. The standard InChI is InChI=1S/C9H18N2O2S/c1-14(13)6-2-5-11-8(12)9(7-10)3-4-9/h2-7,10H2,1H3,(H,11,12). The fourth-order valence-electron chi connectivity index (χ4n) is 1.34. The largest absolute Gasteiger partial charge is 0.356 e. The first-order chi connectivity index (χ1) is 6.60. The fourth-order valence-corrected chi connectivity index (χ4v) is 1.89. The van der Waals surface area contributed by atoms with E-state index in [1.165, 1.54) is 0 Å². The Labute approximate surface area is 87.1 Å². The van der Waals surface area contributed by atoms with Crippen LogP contribution in [-0.2, 0) is 15.6 Å². The first kappa shape index (κ1) is 11.7. The smallest absolute Gasteiger partial charge is 0.227 e. The summed E-state index contributed by atoms with van der Waals surface area (Å²) >= 11 is 0. The summed E-state index contributed by atoms with van der Waals surface area (Å²) in [6.07, 6.45) is 4.27. The second kappa shape index (κ2) is 4.89. The maximum absolute atomic E-state index is 11.5. The second-order valence-corrected chi connectivity index (χ2v) is 5.43. The van der Waals surface area contributed by atoms with Crippen LogP contribution in [0.3, 0.4) is 0 Å². The molecule has 1 atom stereocenters. The maximum atomic E-state index is 11.5. The zero-order chi connectivity index (χ0) is 10.6. The van der Waals surface area contributed by atoms with Crippen molar-refractivity contribution in [3.63, 3.8) is 0 Å². The van der Waals surface area contributed by atoms with Crippen LogP contribution in [0.25, 0.3) is 0 Å². The lowest BCUT2D eigenvalue weighted by Gasteiger charge is -2.12. The number of hydrogen-bond donors (Lipinski definition) is 2. The predicted molar refractivity (Wildman–Crippen MR) is 57.3 cm³/mol. The molecule has 1 rings (SSSR count). The van der Waals surface area contributed by atoms with E-state index in [2.05, 4.69) is 5.32 Å². The molecule has 1 saturated carbocycles. The fraction of sp³-hybridized carbons (Fsp3) is 0.889. The van der Waals surface area contributed by atoms with Crippen LogP contribution in [-0.4, -0.2) is 35.2 Å². The Morgan fingerprint density at radius 2 is 2.21 bits per heavy atom. The molecule has 0 spiro atoms. The first-order valence-electron chi connectivity index (χ1n) is 4.89. The van der Waals surface area contributed by atoms with E-state index in [1.54, 1.807) is 6.26 Å². The van der Waals surface area contributed by atoms with Crippen LogP contribution in [0, 0.1) is 5.41 Å². The molecule has 4 nitrogen and oxygen atoms in total. The van der Waals surface area contributed by atoms with Gasteiger partial charge in [0, 0.05) is 35.9 Å². The van der Waals surface area contributed by atoms with E-state index < -0.39 is 10.8 Å². The quantitative estimate of drug-likeness (QED) is 0.596. The van der Waals surface area contributed by atoms with Gasteiger partial charge in [0.25, 0.3) is 0 Å². The van der Waals surface area contributed by atoms with Gasteiger partial charge in [0.05, 0.1) is 5.41 Å². The van der Waals surface area contributed by atoms with E-state index in [0.29, 0.717) is 18.8 Å². The normalized spacial score (nSPS) is 20.1. The second-order valence-electron chi connectivity index (χ2n) is 3.87. The Hall–Kier alpha value is -0.420. The molecule has 0 aliphatic heterocycles. The highest BCUT2D eigenvalue weighted by Crippen LogP contribution is 2.44. The molecule has 0 aromatic rings. The van der Waals surface area contributed by atoms with Crippen molar-refractivity contribution >= 4 is 16.7 Å². The van der Waals surface area contributed by atoms with Gasteiger partial charge in [0.15, 0.2) is 0 Å². The molecule has 1 fully saturated rings. The molecule has 1 aliphatic carbocycles. The van der Waals surface area contributed by atoms with Crippen molar-refractivity contribution in [1.82, 2.24) is 5.32 Å². The molecule has 14 heavy (non-hydrogen) atoms. The number of hydrogen-bond acceptors (Lipinski definition) is 3. The molecule has 0 aromatic heterocycles. The highest BCUT2D eigenvalue weighted by molar-refractivity contribution is 7.84. The van der Waals surface area contributed by atoms with Crippen LogP contribution in [0.5, 0.6) is 0 Å². The summed E-state index contributed by atoms with van der Waals surface area (Å²) in [5.41, 5.74) is 5.25. The molecule has 1 aliphatic rings. The van der Waals surface area contributed by atoms with Crippen molar-refractivity contribution in [3.05, 3.63) is 0 Å². The third-order valence-electron chi connectivity index (χ3n) is 2.62. The van der Waals surface area contributed by atoms with Crippen molar-refractivity contribution in [2.24, 2.45) is 11.1 Å². The molecular formula is C9H18N2O2S. The zero-order valence-electron chi connectivity index (χ0n) is 8.54. The van der Waals surface area contributed by atoms with Gasteiger partial charge >= 0.3 is 0 Å². The SMILES string of the molecule is CS(=O)CCCNC(=O)C1(CN)CC1. The summed E-state index contributed by atoms with van der Waals surface area (Å²) in [4.78, 5) is 11.5. The van der Waals surface area contributed by atoms with E-state index in [-0.39, 0.29) is 11.3 Å². The third kappa shape index (κ3) is 3.06. The Bertz CT molecular complexity index is 239. The number of nitrogens with one attached hydrogen (secondary N) is 1. The summed E-state index contributed by atoms with van der Waals surface area (Å²) in [5, 5.41) is 2.84. The molecule has 3 N–H and O–H groups in total. The molecule has 1 unspecified atom stereocenters. The minimum absolute atomic E-state index is 0.0712. The summed E-state index contributed by atoms with van der Waals surface area (Å²) in [6, 6.07) is 0. The van der Waals surface area contributed by atoms with Crippen molar-refractivity contribution in [2.75, 3.05) is 25.1 Å². The third-order valence-corrected chi connectivity index (χ3v) is 3.48. The van der Waals surface area contributed by atoms with Gasteiger partial charge in [-0.1, -0.05) is 0 Å². The predicted octanol–water partition coefficient (Wildman–Crippen LogP) is -0.390. The van der Waals surface area contributed by atoms with Gasteiger partial charge in [-0.2, -0.15) is 0 Å². The number of carbonyl (C=O) groups excluding carboxylic acids is 1. The first-order valence-corrected chi connectivity index (χ1v) is 6.62. The monoisotopic (exact) mass is 218 g/mol. The topological polar surface area (TPSA) is 72.2 Å². The van der Waals surface area contributed by atoms with E-state index >= 15 is 0 Å². The van der Waals surface area contributed by atoms with Crippen LogP contribution in [0.15, 0.2) is 0 Å². The zero-order valence-corrected chi connectivity index (χ0v) is 9.36. The molecule has 0 saturated heterocycles. The van der Waals surface area contributed by atoms with E-state index in [4.69, 9.17) is 5.73 Å². The van der Waals surface area contributed by atoms with Crippen LogP contribution < -0.4 is 11.1 Å². The lowest BCUT2D eigenvalue weighted by molar-refractivity contribution is -0.125. The minimum Gasteiger partial charge on any atom is -0.356 e. The van der Waals surface area contributed by atoms with E-state index in [1.807, 2.05) is 0 Å². The Kier molecular flexibility index (Phi) is 4.07. The van der Waals surface area contributed by atoms with Crippen molar-refractivity contribution in [1.29, 1.82) is 0 Å². The summed E-state index contributed by atoms with van der Waals surface area (Å²) in [7, 11) is -0.764. The minimum atomic E-state index is -0.764. The Morgan fingerprint density at radius 3 is 2.64 bits per heavy atom. The molecule has 0 bridgehead atoms. The van der Waals surface area contributed by atoms with Gasteiger partial charge in [0.2, 0.25) is 5.91 Å². The molecule has 0 heterocycles. The van der Waals surface area contributed by atoms with Gasteiger partial charge in [-0.05, 0) is 19.3 Å². The molecular weight excluding hydrogens is 200 g/mol. The maximum Gasteiger partial charge on any atom is 0.227 e. The number of carbonyl (C=O) groups is 1. The van der Waals surface area contributed by atoms with Crippen molar-refractivity contribution in [2.45, 2.75) is 19.3 Å². The van der Waals surface area contributed by atoms with Gasteiger partial charge in [-0.25, -0.2) is 0 Å². The summed E-state index contributed by atoms with van der Waals surface area (Å²) in [5.74, 6) is 0.720. The van der Waals surface area contributed by atoms with Gasteiger partial charge in [-0.15, -0.1) is 0 Å². The van der Waals surface area contributed by atoms with Crippen LogP contribution in [0.4, 0.5) is 0 Å². The Balaban J connectivity index is 2.13. The van der Waals surface area contributed by atoms with E-state index in [9.17, 15) is 9.00 Å². The van der Waals surface area contributed by atoms with E-state index in [0.717, 1.165) is 19.3 Å². The van der Waals surface area contributed by atoms with Gasteiger partial charge in [0.1, 0.15) is 0 Å². The highest BCUT2D eigenvalue weighted by Gasteiger charge is 2.48. The molecule has 0 radical (unpaired) electrons. The van der Waals surface area contributed by atoms with Crippen LogP contribution in [0.1, 0.15) is 19.3 Å². The van der Waals surface area contributed by atoms with Crippen molar-refractivity contribution in [3.8, 4) is 0 Å². The average Bonchev–Trinajstić information content (AvgIpc) is 2.92. The number of amides is 1. The number of rotatable bonds is 6. The van der Waals surface area contributed by atoms with Crippen LogP contribution in [0.2, 0.25) is 0 Å². The number of nitrogens with two attached hydrogens (primary N) is 1. The van der Waals surface area contributed by atoms with Crippen molar-refractivity contribution < 1.29 is 9.00 Å². The lowest BCUT2D eigenvalue weighted by Crippen LogP contribution is -2.37. The lowest BCUT2D eigenvalue weighted by atomic mass is 10.1. The summed E-state index contributed by atoms with van der Waals surface area (Å²) < 4.78 is 10.7. The summed E-state index contributed by atoms with van der Waals surface area (Å²) in [6.45, 7) is 1.05. The Morgan fingerprint density at radius 1 is 1.57 bits per heavy atom. The highest BCUT2D eigenvalue weighted by atomic mass is 32.2. The molecule has 5 heteroatoms. The van der Waals surface area contributed by atoms with Crippen LogP contribution >= 0.6 is 0 Å². The van der Waals surface area contributed by atoms with Gasteiger partial charge in [-0.3, -0.25) is 9.00 Å².